The zero-order chi connectivity index (χ0) is 18.4. The van der Waals surface area contributed by atoms with Gasteiger partial charge in [-0.3, -0.25) is 4.79 Å². The normalized spacial score (nSPS) is 16.1. The van der Waals surface area contributed by atoms with E-state index in [-0.39, 0.29) is 17.0 Å². The molecular weight excluding hydrogens is 394 g/mol. The van der Waals surface area contributed by atoms with E-state index in [0.717, 1.165) is 20.9 Å². The first-order chi connectivity index (χ1) is 12.5. The predicted molar refractivity (Wildman–Crippen MR) is 103 cm³/mol. The van der Waals surface area contributed by atoms with Gasteiger partial charge in [0.2, 0.25) is 5.88 Å². The van der Waals surface area contributed by atoms with Gasteiger partial charge in [-0.05, 0) is 23.8 Å². The molecule has 3 aromatic rings. The summed E-state index contributed by atoms with van der Waals surface area (Å²) in [4.78, 5) is 13.2. The summed E-state index contributed by atoms with van der Waals surface area (Å²) in [6.45, 7) is 0. The number of nitriles is 1. The first kappa shape index (κ1) is 16.4. The minimum atomic E-state index is -0.595. The molecule has 5 nitrogen and oxygen atoms in total. The zero-order valence-electron chi connectivity index (χ0n) is 13.9. The Bertz CT molecular complexity index is 1190. The number of fused-ring (bicyclic) bond motifs is 3. The van der Waals surface area contributed by atoms with Crippen LogP contribution in [0.5, 0.6) is 5.75 Å². The Kier molecular flexibility index (Phi) is 3.82. The number of allylic oxidation sites excluding steroid dienone is 1. The molecule has 1 aliphatic rings. The lowest BCUT2D eigenvalue weighted by atomic mass is 9.83. The molecule has 1 atom stereocenters. The van der Waals surface area contributed by atoms with Gasteiger partial charge >= 0.3 is 0 Å². The number of hydrogen-bond acceptors (Lipinski definition) is 4. The van der Waals surface area contributed by atoms with Gasteiger partial charge in [0.15, 0.2) is 0 Å². The average Bonchev–Trinajstić information content (AvgIpc) is 2.65. The summed E-state index contributed by atoms with van der Waals surface area (Å²) in [6, 6.07) is 17.1. The van der Waals surface area contributed by atoms with Crippen LogP contribution in [0.25, 0.3) is 10.9 Å². The Morgan fingerprint density at radius 3 is 2.62 bits per heavy atom. The van der Waals surface area contributed by atoms with Crippen molar-refractivity contribution in [1.29, 1.82) is 5.26 Å². The molecule has 0 amide bonds. The summed E-state index contributed by atoms with van der Waals surface area (Å²) < 4.78 is 8.16. The molecule has 0 aliphatic carbocycles. The highest BCUT2D eigenvalue weighted by molar-refractivity contribution is 9.10. The van der Waals surface area contributed by atoms with Gasteiger partial charge in [-0.2, -0.15) is 5.26 Å². The van der Waals surface area contributed by atoms with Gasteiger partial charge in [-0.25, -0.2) is 0 Å². The van der Waals surface area contributed by atoms with Crippen molar-refractivity contribution in [1.82, 2.24) is 4.57 Å². The van der Waals surface area contributed by atoms with Crippen LogP contribution >= 0.6 is 15.9 Å². The largest absolute Gasteiger partial charge is 0.439 e. The Balaban J connectivity index is 2.16. The van der Waals surface area contributed by atoms with Crippen molar-refractivity contribution < 1.29 is 4.74 Å². The van der Waals surface area contributed by atoms with Crippen molar-refractivity contribution >= 4 is 26.8 Å². The summed E-state index contributed by atoms with van der Waals surface area (Å²) >= 11 is 3.53. The fraction of sp³-hybridized carbons (Fsp3) is 0.100. The molecule has 26 heavy (non-hydrogen) atoms. The van der Waals surface area contributed by atoms with Crippen LogP contribution in [0.15, 0.2) is 69.3 Å². The van der Waals surface area contributed by atoms with E-state index in [0.29, 0.717) is 11.3 Å². The smallest absolute Gasteiger partial charge is 0.258 e. The highest BCUT2D eigenvalue weighted by Gasteiger charge is 2.35. The number of ether oxygens (including phenoxy) is 1. The zero-order valence-corrected chi connectivity index (χ0v) is 15.4. The molecule has 1 aromatic heterocycles. The molecular formula is C20H14BrN3O2. The summed E-state index contributed by atoms with van der Waals surface area (Å²) in [5.41, 5.74) is 8.06. The van der Waals surface area contributed by atoms with E-state index < -0.39 is 5.92 Å². The van der Waals surface area contributed by atoms with Crippen molar-refractivity contribution in [2.24, 2.45) is 12.8 Å². The molecule has 1 aliphatic heterocycles. The minimum Gasteiger partial charge on any atom is -0.439 e. The molecule has 0 saturated carbocycles. The van der Waals surface area contributed by atoms with Crippen LogP contribution < -0.4 is 16.0 Å². The van der Waals surface area contributed by atoms with E-state index >= 15 is 0 Å². The van der Waals surface area contributed by atoms with Crippen LogP contribution in [0, 0.1) is 11.3 Å². The van der Waals surface area contributed by atoms with Crippen molar-refractivity contribution in [2.45, 2.75) is 5.92 Å². The van der Waals surface area contributed by atoms with Gasteiger partial charge in [0.25, 0.3) is 5.56 Å². The number of nitrogens with two attached hydrogens (primary N) is 1. The van der Waals surface area contributed by atoms with E-state index in [2.05, 4.69) is 22.0 Å². The van der Waals surface area contributed by atoms with Crippen LogP contribution in [-0.2, 0) is 7.05 Å². The molecule has 0 fully saturated rings. The molecule has 0 radical (unpaired) electrons. The maximum Gasteiger partial charge on any atom is 0.258 e. The maximum absolute atomic E-state index is 13.2. The van der Waals surface area contributed by atoms with Gasteiger partial charge in [-0.15, -0.1) is 0 Å². The molecule has 2 aromatic carbocycles. The Hall–Kier alpha value is -3.04. The van der Waals surface area contributed by atoms with Gasteiger partial charge in [0.1, 0.15) is 17.4 Å². The van der Waals surface area contributed by atoms with Crippen LogP contribution in [0.3, 0.4) is 0 Å². The second-order valence-corrected chi connectivity index (χ2v) is 6.92. The molecule has 0 spiro atoms. The number of aromatic nitrogens is 1. The molecule has 1 unspecified atom stereocenters. The van der Waals surface area contributed by atoms with E-state index in [1.165, 1.54) is 0 Å². The topological polar surface area (TPSA) is 81.0 Å². The van der Waals surface area contributed by atoms with Crippen molar-refractivity contribution in [3.63, 3.8) is 0 Å². The molecule has 0 saturated heterocycles. The standard InChI is InChI=1S/C20H14BrN3O2/c1-24-15-9-5-3-7-12(15)18-17(20(24)25)16(13(10-22)19(23)26-18)11-6-2-4-8-14(11)21/h2-9,16H,23H2,1H3. The van der Waals surface area contributed by atoms with Gasteiger partial charge in [0.05, 0.1) is 17.0 Å². The lowest BCUT2D eigenvalue weighted by molar-refractivity contribution is 0.396. The van der Waals surface area contributed by atoms with Crippen molar-refractivity contribution in [3.8, 4) is 11.8 Å². The third-order valence-corrected chi connectivity index (χ3v) is 5.40. The fourth-order valence-electron chi connectivity index (χ4n) is 3.45. The number of benzene rings is 2. The molecule has 4 rings (SSSR count). The second kappa shape index (κ2) is 6.04. The van der Waals surface area contributed by atoms with Crippen molar-refractivity contribution in [2.75, 3.05) is 0 Å². The predicted octanol–water partition coefficient (Wildman–Crippen LogP) is 3.52. The van der Waals surface area contributed by atoms with Crippen molar-refractivity contribution in [3.05, 3.63) is 85.9 Å². The monoisotopic (exact) mass is 407 g/mol. The first-order valence-electron chi connectivity index (χ1n) is 7.98. The van der Waals surface area contributed by atoms with Gasteiger partial charge < -0.3 is 15.0 Å². The van der Waals surface area contributed by atoms with Crippen LogP contribution in [0.1, 0.15) is 17.0 Å². The quantitative estimate of drug-likeness (QED) is 0.668. The number of halogens is 1. The summed E-state index contributed by atoms with van der Waals surface area (Å²) in [5, 5.41) is 10.5. The van der Waals surface area contributed by atoms with E-state index in [1.54, 1.807) is 11.6 Å². The molecule has 128 valence electrons. The summed E-state index contributed by atoms with van der Waals surface area (Å²) in [6.07, 6.45) is 0. The highest BCUT2D eigenvalue weighted by atomic mass is 79.9. The third kappa shape index (κ3) is 2.25. The molecule has 0 bridgehead atoms. The fourth-order valence-corrected chi connectivity index (χ4v) is 3.96. The SMILES string of the molecule is Cn1c(=O)c2c(c3ccccc31)OC(N)=C(C#N)C2c1ccccc1Br. The van der Waals surface area contributed by atoms with E-state index in [9.17, 15) is 10.1 Å². The van der Waals surface area contributed by atoms with E-state index in [1.807, 2.05) is 48.5 Å². The average molecular weight is 408 g/mol. The Morgan fingerprint density at radius 1 is 1.19 bits per heavy atom. The van der Waals surface area contributed by atoms with Gasteiger partial charge in [0, 0.05) is 16.9 Å². The number of para-hydroxylation sites is 1. The minimum absolute atomic E-state index is 0.0270. The highest BCUT2D eigenvalue weighted by Crippen LogP contribution is 2.44. The lowest BCUT2D eigenvalue weighted by Crippen LogP contribution is -2.31. The lowest BCUT2D eigenvalue weighted by Gasteiger charge is -2.28. The number of aryl methyl sites for hydroxylation is 1. The molecule has 6 heteroatoms. The van der Waals surface area contributed by atoms with Crippen LogP contribution in [-0.4, -0.2) is 4.57 Å². The van der Waals surface area contributed by atoms with E-state index in [4.69, 9.17) is 10.5 Å². The molecule has 2 N–H and O–H groups in total. The maximum atomic E-state index is 13.2. The third-order valence-electron chi connectivity index (χ3n) is 4.68. The second-order valence-electron chi connectivity index (χ2n) is 6.07. The Morgan fingerprint density at radius 2 is 1.88 bits per heavy atom. The van der Waals surface area contributed by atoms with Crippen LogP contribution in [0.2, 0.25) is 0 Å². The number of nitrogens with zero attached hydrogens (tertiary/aromatic N) is 2. The number of rotatable bonds is 1. The van der Waals surface area contributed by atoms with Crippen LogP contribution in [0.4, 0.5) is 0 Å². The van der Waals surface area contributed by atoms with Gasteiger partial charge in [-0.1, -0.05) is 46.3 Å². The Labute approximate surface area is 158 Å². The number of hydrogen-bond donors (Lipinski definition) is 1. The first-order valence-corrected chi connectivity index (χ1v) is 8.77. The molecule has 2 heterocycles. The summed E-state index contributed by atoms with van der Waals surface area (Å²) in [7, 11) is 1.72. The summed E-state index contributed by atoms with van der Waals surface area (Å²) in [5.74, 6) is -0.150. The number of pyridine rings is 1.